The molecule has 2 aromatic heterocycles. The fourth-order valence-corrected chi connectivity index (χ4v) is 4.52. The minimum absolute atomic E-state index is 0.0131. The van der Waals surface area contributed by atoms with Crippen molar-refractivity contribution >= 4 is 28.9 Å². The lowest BCUT2D eigenvalue weighted by atomic mass is 9.83. The standard InChI is InChI=1S/C22H24FN5O5S/c1-12-3-5-13(6-4-12)11-28-19(26-20(31)27(2)22(28)32)25-14-7-8-16(15(23)9-14)33-21-24-10-17(34-21)18(29)30/h7-10,12-13H,3-6,11H2,1-2H3,(H,29,30)(H,25,26,31). The minimum atomic E-state index is -1.15. The Labute approximate surface area is 197 Å². The molecule has 1 aliphatic rings. The van der Waals surface area contributed by atoms with Crippen molar-refractivity contribution in [2.24, 2.45) is 18.9 Å². The largest absolute Gasteiger partial charge is 0.477 e. The molecule has 34 heavy (non-hydrogen) atoms. The average molecular weight is 490 g/mol. The molecule has 2 N–H and O–H groups in total. The van der Waals surface area contributed by atoms with Crippen LogP contribution in [0.15, 0.2) is 34.0 Å². The highest BCUT2D eigenvalue weighted by molar-refractivity contribution is 7.15. The lowest BCUT2D eigenvalue weighted by Crippen LogP contribution is -2.42. The number of thiazole rings is 1. The molecule has 3 aromatic rings. The number of nitrogens with one attached hydrogen (secondary N) is 1. The van der Waals surface area contributed by atoms with Gasteiger partial charge in [-0.2, -0.15) is 4.98 Å². The lowest BCUT2D eigenvalue weighted by molar-refractivity contribution is 0.0702. The van der Waals surface area contributed by atoms with Gasteiger partial charge in [-0.1, -0.05) is 31.1 Å². The van der Waals surface area contributed by atoms with Crippen molar-refractivity contribution in [1.29, 1.82) is 0 Å². The van der Waals surface area contributed by atoms with Gasteiger partial charge in [0.2, 0.25) is 5.95 Å². The normalized spacial score (nSPS) is 18.0. The van der Waals surface area contributed by atoms with Gasteiger partial charge in [0.15, 0.2) is 11.6 Å². The minimum Gasteiger partial charge on any atom is -0.477 e. The van der Waals surface area contributed by atoms with Crippen LogP contribution in [0.3, 0.4) is 0 Å². The first kappa shape index (κ1) is 23.6. The molecule has 180 valence electrons. The molecule has 12 heteroatoms. The number of ether oxygens (including phenoxy) is 1. The highest BCUT2D eigenvalue weighted by atomic mass is 32.1. The highest BCUT2D eigenvalue weighted by Gasteiger charge is 2.22. The predicted molar refractivity (Wildman–Crippen MR) is 124 cm³/mol. The first-order valence-corrected chi connectivity index (χ1v) is 11.6. The zero-order chi connectivity index (χ0) is 24.4. The maximum absolute atomic E-state index is 14.7. The van der Waals surface area contributed by atoms with Crippen LogP contribution >= 0.6 is 11.3 Å². The Morgan fingerprint density at radius 2 is 2.03 bits per heavy atom. The van der Waals surface area contributed by atoms with Crippen molar-refractivity contribution in [2.45, 2.75) is 39.2 Å². The van der Waals surface area contributed by atoms with Gasteiger partial charge in [-0.3, -0.25) is 4.57 Å². The van der Waals surface area contributed by atoms with Crippen molar-refractivity contribution in [3.8, 4) is 10.9 Å². The maximum atomic E-state index is 14.7. The fraction of sp³-hybridized carbons (Fsp3) is 0.409. The van der Waals surface area contributed by atoms with Gasteiger partial charge < -0.3 is 15.2 Å². The Hall–Kier alpha value is -3.54. The smallest absolute Gasteiger partial charge is 0.354 e. The summed E-state index contributed by atoms with van der Waals surface area (Å²) in [5, 5.41) is 11.8. The highest BCUT2D eigenvalue weighted by Crippen LogP contribution is 2.31. The second kappa shape index (κ2) is 9.75. The van der Waals surface area contributed by atoms with Gasteiger partial charge in [-0.25, -0.2) is 28.3 Å². The van der Waals surface area contributed by atoms with E-state index in [-0.39, 0.29) is 33.4 Å². The van der Waals surface area contributed by atoms with Crippen molar-refractivity contribution in [3.05, 3.63) is 56.1 Å². The lowest BCUT2D eigenvalue weighted by Gasteiger charge is -2.27. The van der Waals surface area contributed by atoms with Crippen LogP contribution < -0.4 is 21.4 Å². The molecule has 0 spiro atoms. The van der Waals surface area contributed by atoms with E-state index in [4.69, 9.17) is 9.84 Å². The van der Waals surface area contributed by atoms with E-state index in [1.807, 2.05) is 0 Å². The van der Waals surface area contributed by atoms with Gasteiger partial charge in [-0.15, -0.1) is 0 Å². The number of aromatic carboxylic acids is 1. The van der Waals surface area contributed by atoms with Crippen LogP contribution in [0, 0.1) is 17.7 Å². The molecule has 0 saturated heterocycles. The quantitative estimate of drug-likeness (QED) is 0.515. The van der Waals surface area contributed by atoms with E-state index >= 15 is 0 Å². The molecule has 0 radical (unpaired) electrons. The number of carboxylic acids is 1. The molecule has 4 rings (SSSR count). The van der Waals surface area contributed by atoms with E-state index in [2.05, 4.69) is 22.2 Å². The summed E-state index contributed by atoms with van der Waals surface area (Å²) in [5.74, 6) is -1.05. The molecule has 0 aliphatic heterocycles. The summed E-state index contributed by atoms with van der Waals surface area (Å²) in [6, 6.07) is 3.98. The maximum Gasteiger partial charge on any atom is 0.354 e. The van der Waals surface area contributed by atoms with Crippen molar-refractivity contribution in [2.75, 3.05) is 5.32 Å². The van der Waals surface area contributed by atoms with Gasteiger partial charge in [-0.05, 0) is 36.8 Å². The molecule has 10 nitrogen and oxygen atoms in total. The van der Waals surface area contributed by atoms with Crippen LogP contribution in [0.5, 0.6) is 10.9 Å². The monoisotopic (exact) mass is 489 g/mol. The summed E-state index contributed by atoms with van der Waals surface area (Å²) in [6.45, 7) is 2.62. The third-order valence-corrected chi connectivity index (χ3v) is 6.78. The number of rotatable bonds is 7. The Balaban J connectivity index is 1.56. The molecule has 1 saturated carbocycles. The van der Waals surface area contributed by atoms with E-state index in [1.54, 1.807) is 0 Å². The predicted octanol–water partition coefficient (Wildman–Crippen LogP) is 3.60. The van der Waals surface area contributed by atoms with E-state index < -0.39 is 23.2 Å². The number of anilines is 2. The number of hydrogen-bond acceptors (Lipinski definition) is 8. The van der Waals surface area contributed by atoms with E-state index in [0.29, 0.717) is 12.5 Å². The fourth-order valence-electron chi connectivity index (χ4n) is 3.90. The Bertz CT molecular complexity index is 1330. The summed E-state index contributed by atoms with van der Waals surface area (Å²) in [7, 11) is 1.38. The van der Waals surface area contributed by atoms with Crippen LogP contribution in [0.25, 0.3) is 0 Å². The molecule has 1 aromatic carbocycles. The average Bonchev–Trinajstić information content (AvgIpc) is 3.27. The zero-order valence-corrected chi connectivity index (χ0v) is 19.5. The van der Waals surface area contributed by atoms with Gasteiger partial charge in [0.05, 0.1) is 6.20 Å². The topological polar surface area (TPSA) is 128 Å². The van der Waals surface area contributed by atoms with Crippen LogP contribution in [0.4, 0.5) is 16.0 Å². The van der Waals surface area contributed by atoms with E-state index in [0.717, 1.165) is 53.9 Å². The van der Waals surface area contributed by atoms with Gasteiger partial charge >= 0.3 is 17.3 Å². The van der Waals surface area contributed by atoms with Crippen molar-refractivity contribution in [1.82, 2.24) is 19.1 Å². The molecule has 0 bridgehead atoms. The van der Waals surface area contributed by atoms with Gasteiger partial charge in [0.25, 0.3) is 5.19 Å². The number of benzene rings is 1. The second-order valence-corrected chi connectivity index (χ2v) is 9.46. The van der Waals surface area contributed by atoms with Gasteiger partial charge in [0.1, 0.15) is 4.88 Å². The molecule has 1 aliphatic carbocycles. The third kappa shape index (κ3) is 5.16. The summed E-state index contributed by atoms with van der Waals surface area (Å²) < 4.78 is 22.4. The van der Waals surface area contributed by atoms with Crippen LogP contribution in [-0.2, 0) is 13.6 Å². The first-order chi connectivity index (χ1) is 16.2. The molecule has 0 unspecified atom stereocenters. The Morgan fingerprint density at radius 3 is 2.68 bits per heavy atom. The zero-order valence-electron chi connectivity index (χ0n) is 18.7. The third-order valence-electron chi connectivity index (χ3n) is 5.92. The SMILES string of the molecule is CC1CCC(Cn2c(Nc3ccc(Oc4ncc(C(=O)O)s4)c(F)c3)nc(=O)n(C)c2=O)CC1. The number of carboxylic acid groups (broad SMARTS) is 1. The Kier molecular flexibility index (Phi) is 6.77. The molecule has 0 amide bonds. The van der Waals surface area contributed by atoms with Crippen molar-refractivity contribution in [3.63, 3.8) is 0 Å². The molecule has 1 fully saturated rings. The summed E-state index contributed by atoms with van der Waals surface area (Å²) in [5.41, 5.74) is -0.930. The summed E-state index contributed by atoms with van der Waals surface area (Å²) in [4.78, 5) is 43.7. The van der Waals surface area contributed by atoms with Crippen molar-refractivity contribution < 1.29 is 19.0 Å². The molecule has 2 heterocycles. The van der Waals surface area contributed by atoms with Gasteiger partial charge in [0, 0.05) is 25.3 Å². The van der Waals surface area contributed by atoms with Crippen LogP contribution in [-0.4, -0.2) is 30.2 Å². The molecular formula is C22H24FN5O5S. The number of halogens is 1. The van der Waals surface area contributed by atoms with E-state index in [9.17, 15) is 18.8 Å². The number of aromatic nitrogens is 4. The van der Waals surface area contributed by atoms with Crippen LogP contribution in [0.1, 0.15) is 42.3 Å². The first-order valence-electron chi connectivity index (χ1n) is 10.8. The molecule has 0 atom stereocenters. The van der Waals surface area contributed by atoms with Crippen LogP contribution in [0.2, 0.25) is 0 Å². The number of carbonyl (C=O) groups is 1. The molecular weight excluding hydrogens is 465 g/mol. The number of hydrogen-bond donors (Lipinski definition) is 2. The summed E-state index contributed by atoms with van der Waals surface area (Å²) in [6.07, 6.45) is 5.26. The summed E-state index contributed by atoms with van der Waals surface area (Å²) >= 11 is 0.774. The number of nitrogens with zero attached hydrogens (tertiary/aromatic N) is 4. The second-order valence-electron chi connectivity index (χ2n) is 8.46. The Morgan fingerprint density at radius 1 is 1.29 bits per heavy atom. The van der Waals surface area contributed by atoms with E-state index in [1.165, 1.54) is 23.7 Å².